The Labute approximate surface area is 114 Å². The zero-order chi connectivity index (χ0) is 13.1. The number of pyridine rings is 1. The van der Waals surface area contributed by atoms with E-state index in [4.69, 9.17) is 23.2 Å². The van der Waals surface area contributed by atoms with Crippen molar-refractivity contribution in [3.05, 3.63) is 46.0 Å². The summed E-state index contributed by atoms with van der Waals surface area (Å²) in [5.74, 6) is -0.262. The monoisotopic (exact) mass is 284 g/mol. The third-order valence-electron chi connectivity index (χ3n) is 2.38. The minimum absolute atomic E-state index is 0.188. The van der Waals surface area contributed by atoms with Gasteiger partial charge in [0.1, 0.15) is 10.3 Å². The highest BCUT2D eigenvalue weighted by Crippen LogP contribution is 2.14. The standard InChI is InChI=1S/C11H10Cl2N4O/c1-17-8(2-3-15-17)6-14-11(18)7-4-9(12)16-10(13)5-7/h2-5H,6H2,1H3,(H,14,18). The van der Waals surface area contributed by atoms with E-state index in [0.717, 1.165) is 5.69 Å². The number of nitrogens with one attached hydrogen (secondary N) is 1. The number of halogens is 2. The molecule has 2 aromatic heterocycles. The molecule has 0 atom stereocenters. The highest BCUT2D eigenvalue weighted by molar-refractivity contribution is 6.33. The fourth-order valence-electron chi connectivity index (χ4n) is 1.44. The number of carbonyl (C=O) groups is 1. The number of hydrogen-bond acceptors (Lipinski definition) is 3. The second-order valence-electron chi connectivity index (χ2n) is 3.63. The Morgan fingerprint density at radius 2 is 2.06 bits per heavy atom. The summed E-state index contributed by atoms with van der Waals surface area (Å²) in [6.07, 6.45) is 1.67. The lowest BCUT2D eigenvalue weighted by Gasteiger charge is -2.06. The van der Waals surface area contributed by atoms with Crippen LogP contribution in [-0.4, -0.2) is 20.7 Å². The van der Waals surface area contributed by atoms with Gasteiger partial charge in [0, 0.05) is 18.8 Å². The van der Waals surface area contributed by atoms with E-state index < -0.39 is 0 Å². The number of rotatable bonds is 3. The van der Waals surface area contributed by atoms with Gasteiger partial charge in [-0.25, -0.2) is 4.98 Å². The molecule has 0 bridgehead atoms. The van der Waals surface area contributed by atoms with Gasteiger partial charge in [0.2, 0.25) is 0 Å². The van der Waals surface area contributed by atoms with Crippen molar-refractivity contribution in [1.29, 1.82) is 0 Å². The van der Waals surface area contributed by atoms with Crippen LogP contribution in [0.15, 0.2) is 24.4 Å². The Morgan fingerprint density at radius 3 is 2.61 bits per heavy atom. The fourth-order valence-corrected chi connectivity index (χ4v) is 1.90. The Bertz CT molecular complexity index is 562. The van der Waals surface area contributed by atoms with Gasteiger partial charge >= 0.3 is 0 Å². The highest BCUT2D eigenvalue weighted by Gasteiger charge is 2.09. The largest absolute Gasteiger partial charge is 0.346 e. The van der Waals surface area contributed by atoms with E-state index in [9.17, 15) is 4.79 Å². The van der Waals surface area contributed by atoms with E-state index in [-0.39, 0.29) is 16.2 Å². The van der Waals surface area contributed by atoms with Gasteiger partial charge in [0.05, 0.1) is 12.2 Å². The van der Waals surface area contributed by atoms with E-state index in [1.807, 2.05) is 13.1 Å². The topological polar surface area (TPSA) is 59.8 Å². The lowest BCUT2D eigenvalue weighted by atomic mass is 10.2. The number of aryl methyl sites for hydroxylation is 1. The zero-order valence-electron chi connectivity index (χ0n) is 9.52. The van der Waals surface area contributed by atoms with Crippen LogP contribution in [0.25, 0.3) is 0 Å². The summed E-state index contributed by atoms with van der Waals surface area (Å²) in [7, 11) is 1.81. The number of amides is 1. The van der Waals surface area contributed by atoms with E-state index in [0.29, 0.717) is 12.1 Å². The zero-order valence-corrected chi connectivity index (χ0v) is 11.0. The molecular formula is C11H10Cl2N4O. The second kappa shape index (κ2) is 5.37. The molecule has 1 amide bonds. The molecule has 0 saturated carbocycles. The van der Waals surface area contributed by atoms with Gasteiger partial charge in [0.15, 0.2) is 0 Å². The third-order valence-corrected chi connectivity index (χ3v) is 2.76. The van der Waals surface area contributed by atoms with Crippen LogP contribution in [-0.2, 0) is 13.6 Å². The third kappa shape index (κ3) is 3.00. The predicted molar refractivity (Wildman–Crippen MR) is 68.6 cm³/mol. The maximum atomic E-state index is 11.9. The lowest BCUT2D eigenvalue weighted by molar-refractivity contribution is 0.0950. The average molecular weight is 285 g/mol. The van der Waals surface area contributed by atoms with Crippen molar-refractivity contribution in [3.8, 4) is 0 Å². The minimum atomic E-state index is -0.262. The first-order chi connectivity index (χ1) is 8.56. The van der Waals surface area contributed by atoms with Gasteiger partial charge in [-0.15, -0.1) is 0 Å². The molecule has 0 aliphatic carbocycles. The van der Waals surface area contributed by atoms with Crippen LogP contribution in [0.5, 0.6) is 0 Å². The van der Waals surface area contributed by atoms with Crippen molar-refractivity contribution in [2.24, 2.45) is 7.05 Å². The Hall–Kier alpha value is -1.59. The summed E-state index contributed by atoms with van der Waals surface area (Å²) in [5.41, 5.74) is 1.27. The quantitative estimate of drug-likeness (QED) is 0.878. The summed E-state index contributed by atoms with van der Waals surface area (Å²) in [4.78, 5) is 15.6. The van der Waals surface area contributed by atoms with Crippen LogP contribution in [0.2, 0.25) is 10.3 Å². The van der Waals surface area contributed by atoms with Gasteiger partial charge in [0.25, 0.3) is 5.91 Å². The molecule has 5 nitrogen and oxygen atoms in total. The van der Waals surface area contributed by atoms with Gasteiger partial charge in [-0.2, -0.15) is 5.10 Å². The molecule has 2 aromatic rings. The van der Waals surface area contributed by atoms with Gasteiger partial charge in [-0.05, 0) is 18.2 Å². The minimum Gasteiger partial charge on any atom is -0.346 e. The van der Waals surface area contributed by atoms with Crippen molar-refractivity contribution in [2.75, 3.05) is 0 Å². The number of carbonyl (C=O) groups excluding carboxylic acids is 1. The van der Waals surface area contributed by atoms with E-state index >= 15 is 0 Å². The van der Waals surface area contributed by atoms with Crippen LogP contribution in [0, 0.1) is 0 Å². The van der Waals surface area contributed by atoms with Crippen molar-refractivity contribution >= 4 is 29.1 Å². The first-order valence-corrected chi connectivity index (χ1v) is 5.90. The van der Waals surface area contributed by atoms with Crippen molar-refractivity contribution in [1.82, 2.24) is 20.1 Å². The summed E-state index contributed by atoms with van der Waals surface area (Å²) in [6.45, 7) is 0.382. The molecule has 0 radical (unpaired) electrons. The first-order valence-electron chi connectivity index (χ1n) is 5.14. The van der Waals surface area contributed by atoms with Gasteiger partial charge in [-0.3, -0.25) is 9.48 Å². The second-order valence-corrected chi connectivity index (χ2v) is 4.40. The summed E-state index contributed by atoms with van der Waals surface area (Å²) < 4.78 is 1.69. The SMILES string of the molecule is Cn1nccc1CNC(=O)c1cc(Cl)nc(Cl)c1. The molecule has 1 N–H and O–H groups in total. The first kappa shape index (κ1) is 12.9. The number of aromatic nitrogens is 3. The lowest BCUT2D eigenvalue weighted by Crippen LogP contribution is -2.24. The maximum Gasteiger partial charge on any atom is 0.251 e. The van der Waals surface area contributed by atoms with Gasteiger partial charge < -0.3 is 5.32 Å². The van der Waals surface area contributed by atoms with Crippen LogP contribution in [0.3, 0.4) is 0 Å². The fraction of sp³-hybridized carbons (Fsp3) is 0.182. The number of nitrogens with zero attached hydrogens (tertiary/aromatic N) is 3. The molecule has 18 heavy (non-hydrogen) atoms. The molecule has 7 heteroatoms. The average Bonchev–Trinajstić information content (AvgIpc) is 2.70. The van der Waals surface area contributed by atoms with E-state index in [1.165, 1.54) is 12.1 Å². The molecule has 2 heterocycles. The Morgan fingerprint density at radius 1 is 1.39 bits per heavy atom. The Kier molecular flexibility index (Phi) is 3.84. The highest BCUT2D eigenvalue weighted by atomic mass is 35.5. The van der Waals surface area contributed by atoms with E-state index in [1.54, 1.807) is 10.9 Å². The molecule has 0 fully saturated rings. The van der Waals surface area contributed by atoms with Crippen molar-refractivity contribution < 1.29 is 4.79 Å². The summed E-state index contributed by atoms with van der Waals surface area (Å²) in [5, 5.41) is 7.14. The van der Waals surface area contributed by atoms with Crippen molar-refractivity contribution in [3.63, 3.8) is 0 Å². The van der Waals surface area contributed by atoms with Crippen LogP contribution < -0.4 is 5.32 Å². The predicted octanol–water partition coefficient (Wildman–Crippen LogP) is 2.05. The van der Waals surface area contributed by atoms with Gasteiger partial charge in [-0.1, -0.05) is 23.2 Å². The molecule has 0 aliphatic heterocycles. The molecular weight excluding hydrogens is 275 g/mol. The van der Waals surface area contributed by atoms with Crippen LogP contribution in [0.4, 0.5) is 0 Å². The van der Waals surface area contributed by atoms with Crippen LogP contribution >= 0.6 is 23.2 Å². The Balaban J connectivity index is 2.06. The van der Waals surface area contributed by atoms with Crippen LogP contribution in [0.1, 0.15) is 16.1 Å². The molecule has 0 aromatic carbocycles. The normalized spacial score (nSPS) is 10.4. The molecule has 0 saturated heterocycles. The summed E-state index contributed by atoms with van der Waals surface area (Å²) in [6, 6.07) is 4.75. The van der Waals surface area contributed by atoms with Crippen molar-refractivity contribution in [2.45, 2.75) is 6.54 Å². The maximum absolute atomic E-state index is 11.9. The summed E-state index contributed by atoms with van der Waals surface area (Å²) >= 11 is 11.5. The van der Waals surface area contributed by atoms with E-state index in [2.05, 4.69) is 15.4 Å². The smallest absolute Gasteiger partial charge is 0.251 e. The molecule has 2 rings (SSSR count). The number of hydrogen-bond donors (Lipinski definition) is 1. The molecule has 0 aliphatic rings. The molecule has 94 valence electrons. The molecule has 0 spiro atoms. The molecule has 0 unspecified atom stereocenters.